The molecular formula is C20H12Cl2O2. The van der Waals surface area contributed by atoms with Crippen molar-refractivity contribution in [3.05, 3.63) is 82.8 Å². The van der Waals surface area contributed by atoms with Gasteiger partial charge in [-0.1, -0.05) is 47.5 Å². The second kappa shape index (κ2) is 6.23. The van der Waals surface area contributed by atoms with E-state index in [-0.39, 0.29) is 0 Å². The van der Waals surface area contributed by atoms with Gasteiger partial charge in [0, 0.05) is 11.1 Å². The third kappa shape index (κ3) is 2.75. The topological polar surface area (TPSA) is 26.3 Å². The molecule has 2 aromatic carbocycles. The number of hydrogen-bond donors (Lipinski definition) is 0. The van der Waals surface area contributed by atoms with Crippen LogP contribution in [0.1, 0.15) is 0 Å². The molecule has 0 radical (unpaired) electrons. The first kappa shape index (κ1) is 15.1. The highest BCUT2D eigenvalue weighted by Crippen LogP contribution is 2.36. The van der Waals surface area contributed by atoms with Gasteiger partial charge >= 0.3 is 0 Å². The van der Waals surface area contributed by atoms with Crippen molar-refractivity contribution in [2.24, 2.45) is 0 Å². The van der Waals surface area contributed by atoms with Crippen molar-refractivity contribution in [2.75, 3.05) is 0 Å². The summed E-state index contributed by atoms with van der Waals surface area (Å²) in [6.45, 7) is 0. The zero-order valence-corrected chi connectivity index (χ0v) is 14.0. The van der Waals surface area contributed by atoms with Crippen LogP contribution in [0.25, 0.3) is 34.2 Å². The van der Waals surface area contributed by atoms with Crippen molar-refractivity contribution in [1.29, 1.82) is 0 Å². The molecule has 0 aliphatic rings. The van der Waals surface area contributed by atoms with E-state index < -0.39 is 0 Å². The summed E-state index contributed by atoms with van der Waals surface area (Å²) in [6.07, 6.45) is 0. The van der Waals surface area contributed by atoms with Crippen LogP contribution in [0.5, 0.6) is 0 Å². The fraction of sp³-hybridized carbons (Fsp3) is 0. The Balaban J connectivity index is 1.69. The summed E-state index contributed by atoms with van der Waals surface area (Å²) in [5.74, 6) is 2.68. The van der Waals surface area contributed by atoms with Crippen molar-refractivity contribution in [3.8, 4) is 34.2 Å². The first-order valence-corrected chi connectivity index (χ1v) is 8.18. The summed E-state index contributed by atoms with van der Waals surface area (Å²) >= 11 is 12.4. The maximum atomic E-state index is 6.22. The summed E-state index contributed by atoms with van der Waals surface area (Å²) < 4.78 is 11.8. The van der Waals surface area contributed by atoms with E-state index in [1.54, 1.807) is 0 Å². The van der Waals surface area contributed by atoms with E-state index in [4.69, 9.17) is 32.0 Å². The average molecular weight is 355 g/mol. The van der Waals surface area contributed by atoms with E-state index in [1.807, 2.05) is 72.8 Å². The van der Waals surface area contributed by atoms with Crippen LogP contribution in [0.2, 0.25) is 10.0 Å². The van der Waals surface area contributed by atoms with Crippen molar-refractivity contribution < 1.29 is 8.83 Å². The summed E-state index contributed by atoms with van der Waals surface area (Å²) in [6, 6.07) is 22.6. The van der Waals surface area contributed by atoms with Crippen LogP contribution >= 0.6 is 23.2 Å². The molecule has 118 valence electrons. The molecule has 4 heteroatoms. The number of halogens is 2. The van der Waals surface area contributed by atoms with Crippen LogP contribution in [0, 0.1) is 0 Å². The maximum absolute atomic E-state index is 6.22. The molecule has 0 aliphatic carbocycles. The Labute approximate surface area is 149 Å². The normalized spacial score (nSPS) is 10.9. The molecule has 0 fully saturated rings. The van der Waals surface area contributed by atoms with Gasteiger partial charge in [0.15, 0.2) is 11.5 Å². The molecule has 2 aromatic heterocycles. The van der Waals surface area contributed by atoms with Crippen molar-refractivity contribution in [2.45, 2.75) is 0 Å². The zero-order chi connectivity index (χ0) is 16.5. The number of benzene rings is 2. The van der Waals surface area contributed by atoms with E-state index in [0.29, 0.717) is 33.1 Å². The lowest BCUT2D eigenvalue weighted by molar-refractivity contribution is 0.539. The molecule has 2 nitrogen and oxygen atoms in total. The lowest BCUT2D eigenvalue weighted by atomic mass is 10.2. The Morgan fingerprint density at radius 3 is 1.25 bits per heavy atom. The summed E-state index contributed by atoms with van der Waals surface area (Å²) in [5, 5.41) is 1.30. The SMILES string of the molecule is Clc1ccccc1-c1ccc(-c2ccc(-c3ccccc3Cl)o2)o1. The van der Waals surface area contributed by atoms with Gasteiger partial charge < -0.3 is 8.83 Å². The van der Waals surface area contributed by atoms with Gasteiger partial charge in [-0.3, -0.25) is 0 Å². The van der Waals surface area contributed by atoms with Gasteiger partial charge in [-0.15, -0.1) is 0 Å². The van der Waals surface area contributed by atoms with Crippen LogP contribution in [0.4, 0.5) is 0 Å². The van der Waals surface area contributed by atoms with E-state index in [1.165, 1.54) is 0 Å². The molecule has 0 amide bonds. The lowest BCUT2D eigenvalue weighted by Gasteiger charge is -2.00. The van der Waals surface area contributed by atoms with Crippen molar-refractivity contribution in [3.63, 3.8) is 0 Å². The predicted molar refractivity (Wildman–Crippen MR) is 97.3 cm³/mol. The Kier molecular flexibility index (Phi) is 3.93. The van der Waals surface area contributed by atoms with Crippen LogP contribution in [0.3, 0.4) is 0 Å². The van der Waals surface area contributed by atoms with Crippen LogP contribution < -0.4 is 0 Å². The summed E-state index contributed by atoms with van der Waals surface area (Å²) in [7, 11) is 0. The molecule has 0 saturated heterocycles. The van der Waals surface area contributed by atoms with Crippen molar-refractivity contribution >= 4 is 23.2 Å². The van der Waals surface area contributed by atoms with Gasteiger partial charge in [0.1, 0.15) is 11.5 Å². The predicted octanol–water partition coefficient (Wildman–Crippen LogP) is 7.18. The Morgan fingerprint density at radius 1 is 0.458 bits per heavy atom. The van der Waals surface area contributed by atoms with Gasteiger partial charge in [0.2, 0.25) is 0 Å². The minimum absolute atomic E-state index is 0.642. The number of hydrogen-bond acceptors (Lipinski definition) is 2. The molecule has 0 N–H and O–H groups in total. The largest absolute Gasteiger partial charge is 0.453 e. The third-order valence-corrected chi connectivity index (χ3v) is 4.39. The quantitative estimate of drug-likeness (QED) is 0.389. The molecule has 0 atom stereocenters. The van der Waals surface area contributed by atoms with E-state index in [2.05, 4.69) is 0 Å². The lowest BCUT2D eigenvalue weighted by Crippen LogP contribution is -1.75. The Hall–Kier alpha value is -2.42. The fourth-order valence-corrected chi connectivity index (χ4v) is 3.01. The van der Waals surface area contributed by atoms with Gasteiger partial charge in [-0.05, 0) is 48.5 Å². The first-order valence-electron chi connectivity index (χ1n) is 7.42. The highest BCUT2D eigenvalue weighted by atomic mass is 35.5. The standard InChI is InChI=1S/C20H12Cl2O2/c21-15-7-3-1-5-13(15)17-9-11-19(23-17)20-12-10-18(24-20)14-6-2-4-8-16(14)22/h1-12H. The highest BCUT2D eigenvalue weighted by molar-refractivity contribution is 6.33. The van der Waals surface area contributed by atoms with Crippen LogP contribution in [-0.4, -0.2) is 0 Å². The molecule has 2 heterocycles. The molecule has 4 aromatic rings. The molecule has 24 heavy (non-hydrogen) atoms. The van der Waals surface area contributed by atoms with E-state index in [9.17, 15) is 0 Å². The smallest absolute Gasteiger partial charge is 0.170 e. The van der Waals surface area contributed by atoms with Gasteiger partial charge in [0.25, 0.3) is 0 Å². The van der Waals surface area contributed by atoms with E-state index >= 15 is 0 Å². The Morgan fingerprint density at radius 2 is 0.833 bits per heavy atom. The molecule has 0 bridgehead atoms. The fourth-order valence-electron chi connectivity index (χ4n) is 2.55. The van der Waals surface area contributed by atoms with E-state index in [0.717, 1.165) is 11.1 Å². The number of furan rings is 2. The van der Waals surface area contributed by atoms with Crippen LogP contribution in [-0.2, 0) is 0 Å². The molecule has 4 rings (SSSR count). The molecule has 0 spiro atoms. The highest BCUT2D eigenvalue weighted by Gasteiger charge is 2.14. The molecule has 0 saturated carbocycles. The van der Waals surface area contributed by atoms with Gasteiger partial charge in [0.05, 0.1) is 10.0 Å². The third-order valence-electron chi connectivity index (χ3n) is 3.73. The second-order valence-electron chi connectivity index (χ2n) is 5.29. The monoisotopic (exact) mass is 354 g/mol. The second-order valence-corrected chi connectivity index (χ2v) is 6.10. The first-order chi connectivity index (χ1) is 11.7. The Bertz CT molecular complexity index is 916. The minimum Gasteiger partial charge on any atom is -0.453 e. The minimum atomic E-state index is 0.642. The van der Waals surface area contributed by atoms with Gasteiger partial charge in [-0.2, -0.15) is 0 Å². The van der Waals surface area contributed by atoms with Crippen molar-refractivity contribution in [1.82, 2.24) is 0 Å². The number of rotatable bonds is 3. The van der Waals surface area contributed by atoms with Crippen LogP contribution in [0.15, 0.2) is 81.6 Å². The average Bonchev–Trinajstić information content (AvgIpc) is 3.25. The maximum Gasteiger partial charge on any atom is 0.170 e. The summed E-state index contributed by atoms with van der Waals surface area (Å²) in [5.41, 5.74) is 1.70. The molecule has 0 aliphatic heterocycles. The molecule has 0 unspecified atom stereocenters. The zero-order valence-electron chi connectivity index (χ0n) is 12.5. The summed E-state index contributed by atoms with van der Waals surface area (Å²) in [4.78, 5) is 0. The van der Waals surface area contributed by atoms with Gasteiger partial charge in [-0.25, -0.2) is 0 Å². The molecular weight excluding hydrogens is 343 g/mol.